The smallest absolute Gasteiger partial charge is 0.276 e. The number of carbonyl (C=O) groups is 2. The number of ether oxygens (including phenoxy) is 1. The summed E-state index contributed by atoms with van der Waals surface area (Å²) in [6.07, 6.45) is 2.77. The van der Waals surface area contributed by atoms with Crippen LogP contribution in [0.15, 0.2) is 53.0 Å². The number of amides is 2. The number of rotatable bonds is 5. The summed E-state index contributed by atoms with van der Waals surface area (Å²) in [4.78, 5) is 23.0. The average Bonchev–Trinajstić information content (AvgIpc) is 2.95. The van der Waals surface area contributed by atoms with Gasteiger partial charge in [-0.05, 0) is 37.3 Å². The maximum atomic E-state index is 11.5. The first-order valence-electron chi connectivity index (χ1n) is 6.64. The summed E-state index contributed by atoms with van der Waals surface area (Å²) in [7, 11) is 0. The van der Waals surface area contributed by atoms with Crippen molar-refractivity contribution in [2.24, 2.45) is 0 Å². The minimum absolute atomic E-state index is 0.189. The molecule has 6 heteroatoms. The topological polar surface area (TPSA) is 80.6 Å². The monoisotopic (exact) mass is 300 g/mol. The van der Waals surface area contributed by atoms with Crippen molar-refractivity contribution in [3.63, 3.8) is 0 Å². The van der Waals surface area contributed by atoms with Crippen LogP contribution in [-0.2, 0) is 9.59 Å². The second-order valence-corrected chi connectivity index (χ2v) is 4.42. The van der Waals surface area contributed by atoms with E-state index >= 15 is 0 Å². The van der Waals surface area contributed by atoms with Gasteiger partial charge < -0.3 is 9.15 Å². The molecule has 0 aliphatic heterocycles. The second-order valence-electron chi connectivity index (χ2n) is 4.42. The molecule has 2 rings (SSSR count). The summed E-state index contributed by atoms with van der Waals surface area (Å²) < 4.78 is 10.5. The number of aryl methyl sites for hydroxylation is 1. The van der Waals surface area contributed by atoms with Crippen LogP contribution in [0, 0.1) is 6.92 Å². The molecule has 6 nitrogen and oxygen atoms in total. The number of hydrogen-bond acceptors (Lipinski definition) is 4. The van der Waals surface area contributed by atoms with Crippen molar-refractivity contribution in [3.8, 4) is 5.75 Å². The lowest BCUT2D eigenvalue weighted by Gasteiger charge is -2.07. The summed E-state index contributed by atoms with van der Waals surface area (Å²) in [6.45, 7) is 1.62. The lowest BCUT2D eigenvalue weighted by molar-refractivity contribution is -0.128. The molecule has 0 saturated carbocycles. The fraction of sp³-hybridized carbons (Fsp3) is 0.125. The number of hydrazine groups is 1. The van der Waals surface area contributed by atoms with E-state index in [-0.39, 0.29) is 6.61 Å². The van der Waals surface area contributed by atoms with Crippen molar-refractivity contribution in [2.75, 3.05) is 6.61 Å². The first-order chi connectivity index (χ1) is 10.6. The van der Waals surface area contributed by atoms with Crippen molar-refractivity contribution in [1.82, 2.24) is 10.9 Å². The maximum Gasteiger partial charge on any atom is 0.276 e. The van der Waals surface area contributed by atoms with E-state index < -0.39 is 11.8 Å². The van der Waals surface area contributed by atoms with Gasteiger partial charge in [0.05, 0.1) is 0 Å². The van der Waals surface area contributed by atoms with Gasteiger partial charge in [-0.15, -0.1) is 0 Å². The Balaban J connectivity index is 1.69. The summed E-state index contributed by atoms with van der Waals surface area (Å²) in [5, 5.41) is 0. The van der Waals surface area contributed by atoms with Gasteiger partial charge in [0.15, 0.2) is 6.61 Å². The van der Waals surface area contributed by atoms with Crippen LogP contribution in [0.3, 0.4) is 0 Å². The van der Waals surface area contributed by atoms with Gasteiger partial charge in [-0.2, -0.15) is 0 Å². The number of benzene rings is 1. The molecule has 0 atom stereocenters. The molecule has 0 radical (unpaired) electrons. The molecule has 0 bridgehead atoms. The molecule has 2 amide bonds. The van der Waals surface area contributed by atoms with E-state index in [1.54, 1.807) is 36.4 Å². The molecule has 0 spiro atoms. The maximum absolute atomic E-state index is 11.5. The van der Waals surface area contributed by atoms with Crippen LogP contribution in [-0.4, -0.2) is 18.4 Å². The molecular weight excluding hydrogens is 284 g/mol. The molecule has 0 unspecified atom stereocenters. The lowest BCUT2D eigenvalue weighted by Crippen LogP contribution is -2.43. The largest absolute Gasteiger partial charge is 0.484 e. The van der Waals surface area contributed by atoms with Crippen LogP contribution in [0.2, 0.25) is 0 Å². The van der Waals surface area contributed by atoms with Gasteiger partial charge in [0.25, 0.3) is 11.8 Å². The molecule has 1 heterocycles. The standard InChI is InChI=1S/C16H16N2O4/c1-12-7-8-14(22-12)9-10-15(19)17-18-16(20)11-21-13-5-3-2-4-6-13/h2-10H,11H2,1H3,(H,17,19)(H,18,20). The van der Waals surface area contributed by atoms with Crippen LogP contribution < -0.4 is 15.6 Å². The minimum atomic E-state index is -0.470. The van der Waals surface area contributed by atoms with Gasteiger partial charge in [0.1, 0.15) is 17.3 Å². The van der Waals surface area contributed by atoms with Crippen molar-refractivity contribution in [2.45, 2.75) is 6.92 Å². The first kappa shape index (κ1) is 15.4. The highest BCUT2D eigenvalue weighted by atomic mass is 16.5. The molecule has 1 aromatic carbocycles. The Morgan fingerprint density at radius 3 is 2.59 bits per heavy atom. The third-order valence-electron chi connectivity index (χ3n) is 2.60. The fourth-order valence-corrected chi connectivity index (χ4v) is 1.58. The summed E-state index contributed by atoms with van der Waals surface area (Å²) in [5.74, 6) is 0.969. The zero-order valence-corrected chi connectivity index (χ0v) is 12.0. The third kappa shape index (κ3) is 5.16. The van der Waals surface area contributed by atoms with E-state index in [1.807, 2.05) is 13.0 Å². The van der Waals surface area contributed by atoms with E-state index in [0.29, 0.717) is 11.5 Å². The Kier molecular flexibility index (Phi) is 5.37. The van der Waals surface area contributed by atoms with E-state index in [0.717, 1.165) is 5.76 Å². The van der Waals surface area contributed by atoms with Gasteiger partial charge in [0.2, 0.25) is 0 Å². The first-order valence-corrected chi connectivity index (χ1v) is 6.64. The van der Waals surface area contributed by atoms with Crippen LogP contribution >= 0.6 is 0 Å². The molecule has 0 fully saturated rings. The Morgan fingerprint density at radius 2 is 1.91 bits per heavy atom. The van der Waals surface area contributed by atoms with Gasteiger partial charge in [-0.1, -0.05) is 18.2 Å². The molecule has 114 valence electrons. The molecule has 22 heavy (non-hydrogen) atoms. The summed E-state index contributed by atoms with van der Waals surface area (Å²) in [6, 6.07) is 12.5. The Morgan fingerprint density at radius 1 is 1.14 bits per heavy atom. The van der Waals surface area contributed by atoms with Gasteiger partial charge in [0, 0.05) is 6.08 Å². The third-order valence-corrected chi connectivity index (χ3v) is 2.60. The molecule has 2 aromatic rings. The predicted molar refractivity (Wildman–Crippen MR) is 80.7 cm³/mol. The van der Waals surface area contributed by atoms with E-state index in [9.17, 15) is 9.59 Å². The highest BCUT2D eigenvalue weighted by Crippen LogP contribution is 2.08. The normalized spacial score (nSPS) is 10.4. The van der Waals surface area contributed by atoms with Crippen LogP contribution in [0.5, 0.6) is 5.75 Å². The minimum Gasteiger partial charge on any atom is -0.484 e. The van der Waals surface area contributed by atoms with Gasteiger partial charge >= 0.3 is 0 Å². The molecule has 0 saturated heterocycles. The molecule has 0 aliphatic rings. The van der Waals surface area contributed by atoms with Crippen molar-refractivity contribution in [1.29, 1.82) is 0 Å². The molecule has 2 N–H and O–H groups in total. The zero-order chi connectivity index (χ0) is 15.8. The second kappa shape index (κ2) is 7.68. The zero-order valence-electron chi connectivity index (χ0n) is 12.0. The Bertz CT molecular complexity index is 662. The Labute approximate surface area is 127 Å². The highest BCUT2D eigenvalue weighted by molar-refractivity contribution is 5.92. The van der Waals surface area contributed by atoms with Crippen molar-refractivity contribution in [3.05, 3.63) is 60.1 Å². The number of para-hydroxylation sites is 1. The molecule has 0 aliphatic carbocycles. The van der Waals surface area contributed by atoms with Crippen LogP contribution in [0.25, 0.3) is 6.08 Å². The molecular formula is C16H16N2O4. The van der Waals surface area contributed by atoms with E-state index in [4.69, 9.17) is 9.15 Å². The number of carbonyl (C=O) groups excluding carboxylic acids is 2. The number of nitrogens with one attached hydrogen (secondary N) is 2. The van der Waals surface area contributed by atoms with Gasteiger partial charge in [-0.3, -0.25) is 20.4 Å². The quantitative estimate of drug-likeness (QED) is 0.652. The van der Waals surface area contributed by atoms with E-state index in [1.165, 1.54) is 12.2 Å². The molecule has 1 aromatic heterocycles. The van der Waals surface area contributed by atoms with Crippen molar-refractivity contribution < 1.29 is 18.7 Å². The SMILES string of the molecule is Cc1ccc(C=CC(=O)NNC(=O)COc2ccccc2)o1. The summed E-state index contributed by atoms with van der Waals surface area (Å²) >= 11 is 0. The predicted octanol–water partition coefficient (Wildman–Crippen LogP) is 1.83. The van der Waals surface area contributed by atoms with Crippen molar-refractivity contribution >= 4 is 17.9 Å². The highest BCUT2D eigenvalue weighted by Gasteiger charge is 2.03. The van der Waals surface area contributed by atoms with Crippen LogP contribution in [0.4, 0.5) is 0 Å². The summed E-state index contributed by atoms with van der Waals surface area (Å²) in [5.41, 5.74) is 4.50. The van der Waals surface area contributed by atoms with Crippen LogP contribution in [0.1, 0.15) is 11.5 Å². The fourth-order valence-electron chi connectivity index (χ4n) is 1.58. The van der Waals surface area contributed by atoms with E-state index in [2.05, 4.69) is 10.9 Å². The number of hydrogen-bond donors (Lipinski definition) is 2. The van der Waals surface area contributed by atoms with Gasteiger partial charge in [-0.25, -0.2) is 0 Å². The lowest BCUT2D eigenvalue weighted by atomic mass is 10.3. The average molecular weight is 300 g/mol. The Hall–Kier alpha value is -3.02. The number of furan rings is 1.